The molecule has 0 saturated heterocycles. The van der Waals surface area contributed by atoms with Crippen molar-refractivity contribution in [2.75, 3.05) is 18.9 Å². The Labute approximate surface area is 183 Å². The quantitative estimate of drug-likeness (QED) is 0.602. The van der Waals surface area contributed by atoms with Crippen molar-refractivity contribution in [3.8, 4) is 5.75 Å². The van der Waals surface area contributed by atoms with Gasteiger partial charge in [-0.15, -0.1) is 0 Å². The van der Waals surface area contributed by atoms with Crippen molar-refractivity contribution >= 4 is 15.7 Å². The molecule has 1 amide bonds. The van der Waals surface area contributed by atoms with Gasteiger partial charge in [-0.2, -0.15) is 0 Å². The van der Waals surface area contributed by atoms with Crippen LogP contribution in [0.2, 0.25) is 0 Å². The lowest BCUT2D eigenvalue weighted by Crippen LogP contribution is -2.46. The maximum atomic E-state index is 13.1. The molecule has 3 aliphatic carbocycles. The first-order valence-corrected chi connectivity index (χ1v) is 12.7. The molecule has 0 atom stereocenters. The zero-order chi connectivity index (χ0) is 22.1. The largest absolute Gasteiger partial charge is 0.489 e. The van der Waals surface area contributed by atoms with Gasteiger partial charge < -0.3 is 15.8 Å². The normalized spacial score (nSPS) is 28.4. The first kappa shape index (κ1) is 22.3. The molecule has 6 nitrogen and oxygen atoms in total. The zero-order valence-electron chi connectivity index (χ0n) is 17.7. The van der Waals surface area contributed by atoms with E-state index in [-0.39, 0.29) is 40.5 Å². The predicted octanol–water partition coefficient (Wildman–Crippen LogP) is 3.27. The Hall–Kier alpha value is -1.93. The van der Waals surface area contributed by atoms with Crippen LogP contribution in [0.25, 0.3) is 0 Å². The first-order valence-electron chi connectivity index (χ1n) is 11.0. The molecule has 2 bridgehead atoms. The van der Waals surface area contributed by atoms with E-state index >= 15 is 0 Å². The highest BCUT2D eigenvalue weighted by Gasteiger charge is 2.59. The summed E-state index contributed by atoms with van der Waals surface area (Å²) in [6.45, 7) is 0.0818. The summed E-state index contributed by atoms with van der Waals surface area (Å²) in [6, 6.07) is 6.53. The second-order valence-corrected chi connectivity index (χ2v) is 11.5. The standard InChI is InChI=1S/C23H31FN2O4S/c24-12-17(13-25)14-30-19-4-6-20(7-5-19)31(28,29)16-22-8-10-23(15-22,11-9-22)21(27)26-18-2-1-3-18/h4-7,12,18H,1-3,8-11,13-16,25H2,(H,26,27)/b17-12+. The van der Waals surface area contributed by atoms with Gasteiger partial charge in [0.05, 0.1) is 17.0 Å². The number of nitrogens with one attached hydrogen (secondary N) is 1. The van der Waals surface area contributed by atoms with Gasteiger partial charge >= 0.3 is 0 Å². The second kappa shape index (κ2) is 8.54. The molecule has 3 saturated carbocycles. The molecule has 170 valence electrons. The van der Waals surface area contributed by atoms with Crippen LogP contribution in [-0.2, 0) is 14.6 Å². The summed E-state index contributed by atoms with van der Waals surface area (Å²) in [6.07, 6.45) is 7.48. The lowest BCUT2D eigenvalue weighted by molar-refractivity contribution is -0.131. The first-order chi connectivity index (χ1) is 14.8. The molecule has 31 heavy (non-hydrogen) atoms. The summed E-state index contributed by atoms with van der Waals surface area (Å²) in [5.74, 6) is 0.661. The summed E-state index contributed by atoms with van der Waals surface area (Å²) in [5.41, 5.74) is 5.03. The van der Waals surface area contributed by atoms with E-state index < -0.39 is 9.84 Å². The Morgan fingerprint density at radius 2 is 1.87 bits per heavy atom. The van der Waals surface area contributed by atoms with E-state index in [1.165, 1.54) is 18.6 Å². The maximum absolute atomic E-state index is 13.1. The van der Waals surface area contributed by atoms with E-state index in [4.69, 9.17) is 10.5 Å². The van der Waals surface area contributed by atoms with E-state index in [1.807, 2.05) is 0 Å². The number of hydrogen-bond acceptors (Lipinski definition) is 5. The topological polar surface area (TPSA) is 98.5 Å². The molecular weight excluding hydrogens is 419 g/mol. The summed E-state index contributed by atoms with van der Waals surface area (Å²) in [5, 5.41) is 3.19. The van der Waals surface area contributed by atoms with Gasteiger partial charge in [0.25, 0.3) is 0 Å². The highest BCUT2D eigenvalue weighted by molar-refractivity contribution is 7.91. The number of benzene rings is 1. The fraction of sp³-hybridized carbons (Fsp3) is 0.609. The molecule has 0 unspecified atom stereocenters. The van der Waals surface area contributed by atoms with Crippen LogP contribution < -0.4 is 15.8 Å². The maximum Gasteiger partial charge on any atom is 0.226 e. The number of ether oxygens (including phenoxy) is 1. The molecule has 3 N–H and O–H groups in total. The van der Waals surface area contributed by atoms with Crippen molar-refractivity contribution in [2.45, 2.75) is 62.3 Å². The van der Waals surface area contributed by atoms with Gasteiger partial charge in [-0.25, -0.2) is 12.8 Å². The summed E-state index contributed by atoms with van der Waals surface area (Å²) < 4.78 is 44.3. The molecule has 0 radical (unpaired) electrons. The van der Waals surface area contributed by atoms with Crippen LogP contribution in [0.3, 0.4) is 0 Å². The number of carbonyl (C=O) groups is 1. The minimum Gasteiger partial charge on any atom is -0.489 e. The lowest BCUT2D eigenvalue weighted by Gasteiger charge is -2.32. The molecule has 0 spiro atoms. The monoisotopic (exact) mass is 450 g/mol. The lowest BCUT2D eigenvalue weighted by atomic mass is 9.81. The minimum atomic E-state index is -3.49. The Morgan fingerprint density at radius 3 is 2.42 bits per heavy atom. The Bertz CT molecular complexity index is 946. The van der Waals surface area contributed by atoms with Crippen molar-refractivity contribution in [3.05, 3.63) is 36.2 Å². The Balaban J connectivity index is 1.39. The number of fused-ring (bicyclic) bond motifs is 2. The van der Waals surface area contributed by atoms with Crippen molar-refractivity contribution in [3.63, 3.8) is 0 Å². The number of halogens is 1. The van der Waals surface area contributed by atoms with Crippen LogP contribution in [0.15, 0.2) is 41.1 Å². The third kappa shape index (κ3) is 4.51. The number of carbonyl (C=O) groups excluding carboxylic acids is 1. The summed E-state index contributed by atoms with van der Waals surface area (Å²) in [7, 11) is -3.49. The van der Waals surface area contributed by atoms with Crippen LogP contribution >= 0.6 is 0 Å². The molecule has 0 aromatic heterocycles. The van der Waals surface area contributed by atoms with Crippen LogP contribution in [0.1, 0.15) is 51.4 Å². The Morgan fingerprint density at radius 1 is 1.19 bits per heavy atom. The number of rotatable bonds is 9. The SMILES string of the molecule is NC/C(=C\F)COc1ccc(S(=O)(=O)CC23CCC(C(=O)NC4CCC4)(CC2)C3)cc1. The van der Waals surface area contributed by atoms with Gasteiger partial charge in [0.2, 0.25) is 5.91 Å². The molecule has 1 aromatic carbocycles. The number of amides is 1. The van der Waals surface area contributed by atoms with Crippen LogP contribution in [-0.4, -0.2) is 39.3 Å². The van der Waals surface area contributed by atoms with Gasteiger partial charge in [-0.05, 0) is 81.0 Å². The predicted molar refractivity (Wildman–Crippen MR) is 116 cm³/mol. The van der Waals surface area contributed by atoms with Crippen molar-refractivity contribution in [1.29, 1.82) is 0 Å². The molecule has 0 aliphatic heterocycles. The van der Waals surface area contributed by atoms with Gasteiger partial charge in [-0.3, -0.25) is 4.79 Å². The summed E-state index contributed by atoms with van der Waals surface area (Å²) in [4.78, 5) is 13.1. The average molecular weight is 451 g/mol. The smallest absolute Gasteiger partial charge is 0.226 e. The highest BCUT2D eigenvalue weighted by Crippen LogP contribution is 2.62. The highest BCUT2D eigenvalue weighted by atomic mass is 32.2. The van der Waals surface area contributed by atoms with E-state index in [0.29, 0.717) is 30.1 Å². The third-order valence-electron chi connectivity index (χ3n) is 7.42. The Kier molecular flexibility index (Phi) is 6.14. The van der Waals surface area contributed by atoms with Gasteiger partial charge in [-0.1, -0.05) is 0 Å². The fourth-order valence-electron chi connectivity index (χ4n) is 5.26. The second-order valence-electron chi connectivity index (χ2n) is 9.55. The third-order valence-corrected chi connectivity index (χ3v) is 9.41. The van der Waals surface area contributed by atoms with Gasteiger partial charge in [0, 0.05) is 23.6 Å². The molecule has 8 heteroatoms. The number of sulfone groups is 1. The van der Waals surface area contributed by atoms with Crippen molar-refractivity contribution in [1.82, 2.24) is 5.32 Å². The van der Waals surface area contributed by atoms with Crippen LogP contribution in [0, 0.1) is 10.8 Å². The summed E-state index contributed by atoms with van der Waals surface area (Å²) >= 11 is 0. The van der Waals surface area contributed by atoms with Crippen LogP contribution in [0.4, 0.5) is 4.39 Å². The van der Waals surface area contributed by atoms with E-state index in [2.05, 4.69) is 5.32 Å². The number of hydrogen-bond donors (Lipinski definition) is 2. The zero-order valence-corrected chi connectivity index (χ0v) is 18.6. The van der Waals surface area contributed by atoms with Crippen LogP contribution in [0.5, 0.6) is 5.75 Å². The van der Waals surface area contributed by atoms with Crippen molar-refractivity contribution < 1.29 is 22.3 Å². The number of nitrogens with two attached hydrogens (primary N) is 1. The van der Waals surface area contributed by atoms with E-state index in [0.717, 1.165) is 38.5 Å². The van der Waals surface area contributed by atoms with Gasteiger partial charge in [0.15, 0.2) is 9.84 Å². The minimum absolute atomic E-state index is 0.0210. The molecule has 3 aliphatic rings. The van der Waals surface area contributed by atoms with Crippen molar-refractivity contribution in [2.24, 2.45) is 16.6 Å². The molecule has 1 aromatic rings. The average Bonchev–Trinajstić information content (AvgIpc) is 3.28. The molecule has 3 fully saturated rings. The molecular formula is C23H31FN2O4S. The van der Waals surface area contributed by atoms with E-state index in [9.17, 15) is 17.6 Å². The molecule has 4 rings (SSSR count). The molecule has 0 heterocycles. The fourth-order valence-corrected chi connectivity index (χ4v) is 7.18. The van der Waals surface area contributed by atoms with Gasteiger partial charge in [0.1, 0.15) is 12.4 Å². The van der Waals surface area contributed by atoms with E-state index in [1.54, 1.807) is 12.1 Å².